The van der Waals surface area contributed by atoms with Gasteiger partial charge in [-0.15, -0.1) is 0 Å². The quantitative estimate of drug-likeness (QED) is 0.622. The fraction of sp³-hybridized carbons (Fsp3) is 0.118. The summed E-state index contributed by atoms with van der Waals surface area (Å²) in [4.78, 5) is 0. The summed E-state index contributed by atoms with van der Waals surface area (Å²) in [7, 11) is 0. The molecule has 0 saturated heterocycles. The summed E-state index contributed by atoms with van der Waals surface area (Å²) in [5.41, 5.74) is 1.11. The molecule has 23 heavy (non-hydrogen) atoms. The fourth-order valence-electron chi connectivity index (χ4n) is 2.26. The van der Waals surface area contributed by atoms with Gasteiger partial charge >= 0.3 is 5.92 Å². The second-order valence-electron chi connectivity index (χ2n) is 5.04. The van der Waals surface area contributed by atoms with Gasteiger partial charge in [0.1, 0.15) is 0 Å². The Kier molecular flexibility index (Phi) is 3.90. The van der Waals surface area contributed by atoms with E-state index in [0.29, 0.717) is 12.4 Å². The maximum Gasteiger partial charge on any atom is 0.323 e. The lowest BCUT2D eigenvalue weighted by molar-refractivity contribution is -0.117. The van der Waals surface area contributed by atoms with Gasteiger partial charge in [-0.1, -0.05) is 54.6 Å². The highest BCUT2D eigenvalue weighted by atomic mass is 19.3. The first-order valence-corrected chi connectivity index (χ1v) is 6.86. The molecule has 0 bridgehead atoms. The Bertz CT molecular complexity index is 782. The van der Waals surface area contributed by atoms with Crippen LogP contribution in [0.15, 0.2) is 67.0 Å². The van der Waals surface area contributed by atoms with E-state index in [2.05, 4.69) is 5.10 Å². The van der Waals surface area contributed by atoms with Crippen LogP contribution in [0.1, 0.15) is 11.9 Å². The molecule has 0 amide bonds. The van der Waals surface area contributed by atoms with Gasteiger partial charge in [-0.25, -0.2) is 13.5 Å². The van der Waals surface area contributed by atoms with Crippen LogP contribution < -0.4 is 0 Å². The van der Waals surface area contributed by atoms with Crippen LogP contribution in [-0.2, 0) is 5.92 Å². The second-order valence-corrected chi connectivity index (χ2v) is 5.04. The molecule has 2 aromatic carbocycles. The van der Waals surface area contributed by atoms with E-state index >= 15 is 0 Å². The third kappa shape index (κ3) is 2.97. The molecule has 0 saturated carbocycles. The Morgan fingerprint density at radius 1 is 0.913 bits per heavy atom. The van der Waals surface area contributed by atoms with Gasteiger partial charge in [-0.05, 0) is 11.1 Å². The highest BCUT2D eigenvalue weighted by Crippen LogP contribution is 2.40. The number of rotatable bonds is 4. The third-order valence-corrected chi connectivity index (χ3v) is 3.48. The van der Waals surface area contributed by atoms with Gasteiger partial charge in [0.15, 0.2) is 5.82 Å². The summed E-state index contributed by atoms with van der Waals surface area (Å²) in [6.45, 7) is 0. The number of halogens is 4. The van der Waals surface area contributed by atoms with E-state index in [4.69, 9.17) is 0 Å². The molecule has 118 valence electrons. The van der Waals surface area contributed by atoms with Crippen LogP contribution in [0.2, 0.25) is 0 Å². The van der Waals surface area contributed by atoms with Crippen molar-refractivity contribution in [3.05, 3.63) is 78.4 Å². The Labute approximate surface area is 130 Å². The molecule has 0 aliphatic heterocycles. The molecule has 0 aliphatic carbocycles. The van der Waals surface area contributed by atoms with Gasteiger partial charge in [0.25, 0.3) is 6.30 Å². The van der Waals surface area contributed by atoms with Gasteiger partial charge in [-0.2, -0.15) is 13.9 Å². The van der Waals surface area contributed by atoms with E-state index in [-0.39, 0.29) is 4.68 Å². The number of hydrogen-bond donors (Lipinski definition) is 0. The van der Waals surface area contributed by atoms with E-state index in [1.807, 2.05) is 30.3 Å². The van der Waals surface area contributed by atoms with Gasteiger partial charge in [0, 0.05) is 5.56 Å². The molecular formula is C17H12F4N2. The number of aromatic nitrogens is 2. The zero-order valence-corrected chi connectivity index (χ0v) is 11.8. The molecule has 0 aliphatic rings. The van der Waals surface area contributed by atoms with Crippen molar-refractivity contribution >= 4 is 0 Å². The highest BCUT2D eigenvalue weighted by molar-refractivity contribution is 5.63. The summed E-state index contributed by atoms with van der Waals surface area (Å²) >= 11 is 0. The predicted molar refractivity (Wildman–Crippen MR) is 78.1 cm³/mol. The summed E-state index contributed by atoms with van der Waals surface area (Å²) in [5.74, 6) is -4.70. The Hall–Kier alpha value is -2.63. The summed E-state index contributed by atoms with van der Waals surface area (Å²) in [6, 6.07) is 14.5. The van der Waals surface area contributed by atoms with E-state index in [1.165, 1.54) is 12.1 Å². The molecular weight excluding hydrogens is 308 g/mol. The maximum absolute atomic E-state index is 14.2. The minimum absolute atomic E-state index is 0.278. The topological polar surface area (TPSA) is 17.8 Å². The van der Waals surface area contributed by atoms with Gasteiger partial charge in [0.2, 0.25) is 0 Å². The molecule has 0 spiro atoms. The minimum Gasteiger partial charge on any atom is -0.230 e. The van der Waals surface area contributed by atoms with E-state index in [0.717, 1.165) is 23.3 Å². The molecule has 1 atom stereocenters. The van der Waals surface area contributed by atoms with Crippen LogP contribution in [0.3, 0.4) is 0 Å². The van der Waals surface area contributed by atoms with Gasteiger partial charge in [0.05, 0.1) is 12.4 Å². The zero-order valence-electron chi connectivity index (χ0n) is 11.8. The van der Waals surface area contributed by atoms with Gasteiger partial charge in [-0.3, -0.25) is 0 Å². The molecule has 0 fully saturated rings. The molecule has 0 N–H and O–H groups in total. The zero-order chi connectivity index (χ0) is 16.4. The predicted octanol–water partition coefficient (Wildman–Crippen LogP) is 4.95. The van der Waals surface area contributed by atoms with Gasteiger partial charge < -0.3 is 0 Å². The fourth-order valence-corrected chi connectivity index (χ4v) is 2.26. The van der Waals surface area contributed by atoms with Crippen molar-refractivity contribution in [2.45, 2.75) is 12.2 Å². The first-order chi connectivity index (χ1) is 11.0. The number of nitrogens with zero attached hydrogens (tertiary/aromatic N) is 2. The van der Waals surface area contributed by atoms with E-state index < -0.39 is 23.6 Å². The largest absolute Gasteiger partial charge is 0.323 e. The second kappa shape index (κ2) is 5.87. The first-order valence-electron chi connectivity index (χ1n) is 6.86. The lowest BCUT2D eigenvalue weighted by Crippen LogP contribution is -2.26. The number of alkyl halides is 3. The molecule has 1 unspecified atom stereocenters. The monoisotopic (exact) mass is 320 g/mol. The Balaban J connectivity index is 1.88. The molecule has 2 nitrogen and oxygen atoms in total. The van der Waals surface area contributed by atoms with Crippen molar-refractivity contribution in [3.8, 4) is 11.1 Å². The van der Waals surface area contributed by atoms with Crippen LogP contribution in [0.4, 0.5) is 17.6 Å². The average Bonchev–Trinajstić information content (AvgIpc) is 3.01. The Morgan fingerprint density at radius 3 is 2.09 bits per heavy atom. The normalized spacial score (nSPS) is 13.0. The molecule has 0 radical (unpaired) electrons. The Morgan fingerprint density at radius 2 is 1.52 bits per heavy atom. The third-order valence-electron chi connectivity index (χ3n) is 3.48. The van der Waals surface area contributed by atoms with Crippen LogP contribution >= 0.6 is 0 Å². The first kappa shape index (κ1) is 15.3. The molecule has 6 heteroatoms. The van der Waals surface area contributed by atoms with Crippen molar-refractivity contribution in [2.75, 3.05) is 0 Å². The lowest BCUT2D eigenvalue weighted by Gasteiger charge is -2.21. The van der Waals surface area contributed by atoms with Crippen LogP contribution in [-0.4, -0.2) is 9.78 Å². The van der Waals surface area contributed by atoms with Crippen LogP contribution in [0.5, 0.6) is 0 Å². The highest BCUT2D eigenvalue weighted by Gasteiger charge is 2.44. The standard InChI is InChI=1S/C17H12F4N2/c18-15-10-22-23(11-15)16(19)17(20,21)14-8-6-13(7-9-14)12-4-2-1-3-5-12/h1-11,16H. The van der Waals surface area contributed by atoms with Crippen LogP contribution in [0, 0.1) is 5.82 Å². The SMILES string of the molecule is Fc1cnn(C(F)C(F)(F)c2ccc(-c3ccccc3)cc2)c1. The van der Waals surface area contributed by atoms with Crippen molar-refractivity contribution in [1.29, 1.82) is 0 Å². The van der Waals surface area contributed by atoms with Crippen molar-refractivity contribution in [2.24, 2.45) is 0 Å². The minimum atomic E-state index is -3.83. The number of benzene rings is 2. The van der Waals surface area contributed by atoms with Crippen LogP contribution in [0.25, 0.3) is 11.1 Å². The van der Waals surface area contributed by atoms with Crippen molar-refractivity contribution < 1.29 is 17.6 Å². The molecule has 1 heterocycles. The average molecular weight is 320 g/mol. The maximum atomic E-state index is 14.2. The lowest BCUT2D eigenvalue weighted by atomic mass is 10.0. The van der Waals surface area contributed by atoms with Crippen molar-refractivity contribution in [3.63, 3.8) is 0 Å². The smallest absolute Gasteiger partial charge is 0.230 e. The summed E-state index contributed by atoms with van der Waals surface area (Å²) in [6.07, 6.45) is -1.51. The molecule has 3 rings (SSSR count). The summed E-state index contributed by atoms with van der Waals surface area (Å²) in [5, 5.41) is 3.26. The van der Waals surface area contributed by atoms with Crippen molar-refractivity contribution in [1.82, 2.24) is 9.78 Å². The van der Waals surface area contributed by atoms with E-state index in [9.17, 15) is 17.6 Å². The summed E-state index contributed by atoms with van der Waals surface area (Å²) < 4.78 is 55.6. The van der Waals surface area contributed by atoms with E-state index in [1.54, 1.807) is 0 Å². The molecule has 1 aromatic heterocycles. The molecule has 3 aromatic rings. The number of hydrogen-bond acceptors (Lipinski definition) is 1.